The maximum absolute atomic E-state index is 13.4. The Labute approximate surface area is 121 Å². The van der Waals surface area contributed by atoms with Crippen LogP contribution in [-0.2, 0) is 6.54 Å². The fourth-order valence-electron chi connectivity index (χ4n) is 2.17. The predicted molar refractivity (Wildman–Crippen MR) is 76.5 cm³/mol. The van der Waals surface area contributed by atoms with Crippen LogP contribution in [0.2, 0.25) is 0 Å². The van der Waals surface area contributed by atoms with E-state index < -0.39 is 11.8 Å². The first-order valence-electron chi connectivity index (χ1n) is 6.53. The summed E-state index contributed by atoms with van der Waals surface area (Å²) in [6, 6.07) is 9.57. The van der Waals surface area contributed by atoms with Gasteiger partial charge in [-0.2, -0.15) is 0 Å². The molecule has 21 heavy (non-hydrogen) atoms. The molecule has 0 spiro atoms. The van der Waals surface area contributed by atoms with Crippen LogP contribution in [0.5, 0.6) is 0 Å². The molecular weight excluding hydrogens is 276 g/mol. The number of halogens is 2. The highest BCUT2D eigenvalue weighted by molar-refractivity contribution is 5.89. The summed E-state index contributed by atoms with van der Waals surface area (Å²) in [5, 5.41) is 9.16. The number of nitrogens with zero attached hydrogens (tertiary/aromatic N) is 1. The number of hydrogen-bond donors (Lipinski definition) is 1. The Morgan fingerprint density at radius 1 is 1.14 bits per heavy atom. The average Bonchev–Trinajstić information content (AvgIpc) is 2.44. The van der Waals surface area contributed by atoms with Crippen LogP contribution in [0.15, 0.2) is 42.5 Å². The van der Waals surface area contributed by atoms with Gasteiger partial charge in [-0.25, -0.2) is 13.6 Å². The lowest BCUT2D eigenvalue weighted by atomic mass is 10.1. The molecule has 2 rings (SSSR count). The highest BCUT2D eigenvalue weighted by Gasteiger charge is 2.14. The van der Waals surface area contributed by atoms with E-state index in [0.717, 1.165) is 6.07 Å². The molecule has 0 radical (unpaired) electrons. The van der Waals surface area contributed by atoms with Crippen LogP contribution < -0.4 is 4.90 Å². The van der Waals surface area contributed by atoms with E-state index in [9.17, 15) is 13.6 Å². The zero-order chi connectivity index (χ0) is 15.4. The van der Waals surface area contributed by atoms with Gasteiger partial charge in [-0.15, -0.1) is 0 Å². The Kier molecular flexibility index (Phi) is 4.52. The summed E-state index contributed by atoms with van der Waals surface area (Å²) in [6.45, 7) is 2.60. The smallest absolute Gasteiger partial charge is 0.336 e. The van der Waals surface area contributed by atoms with E-state index in [1.54, 1.807) is 17.0 Å². The number of hydrogen-bond acceptors (Lipinski definition) is 2. The Morgan fingerprint density at radius 3 is 2.48 bits per heavy atom. The van der Waals surface area contributed by atoms with Crippen molar-refractivity contribution in [3.63, 3.8) is 0 Å². The molecule has 0 unspecified atom stereocenters. The Balaban J connectivity index is 2.34. The molecule has 110 valence electrons. The molecule has 3 nitrogen and oxygen atoms in total. The Hall–Kier alpha value is -2.43. The number of anilines is 1. The number of rotatable bonds is 5. The maximum Gasteiger partial charge on any atom is 0.336 e. The van der Waals surface area contributed by atoms with Crippen LogP contribution in [-0.4, -0.2) is 17.6 Å². The van der Waals surface area contributed by atoms with Crippen molar-refractivity contribution in [2.75, 3.05) is 11.4 Å². The lowest BCUT2D eigenvalue weighted by molar-refractivity contribution is 0.0695. The second kappa shape index (κ2) is 6.35. The lowest BCUT2D eigenvalue weighted by Gasteiger charge is -2.24. The molecule has 0 aromatic heterocycles. The standard InChI is InChI=1S/C16H15F2NO2/c1-2-19(14-5-3-4-12(17)9-14)10-11-8-13(18)6-7-15(11)16(20)21/h3-9H,2,10H2,1H3,(H,20,21). The summed E-state index contributed by atoms with van der Waals surface area (Å²) in [5.74, 6) is -1.98. The first-order valence-corrected chi connectivity index (χ1v) is 6.53. The molecule has 5 heteroatoms. The van der Waals surface area contributed by atoms with Crippen molar-refractivity contribution in [1.82, 2.24) is 0 Å². The average molecular weight is 291 g/mol. The van der Waals surface area contributed by atoms with Crippen LogP contribution in [0, 0.1) is 11.6 Å². The van der Waals surface area contributed by atoms with E-state index in [-0.39, 0.29) is 17.9 Å². The quantitative estimate of drug-likeness (QED) is 0.913. The van der Waals surface area contributed by atoms with Gasteiger partial charge in [0.15, 0.2) is 0 Å². The molecule has 0 amide bonds. The monoisotopic (exact) mass is 291 g/mol. The number of carboxylic acids is 1. The highest BCUT2D eigenvalue weighted by Crippen LogP contribution is 2.20. The summed E-state index contributed by atoms with van der Waals surface area (Å²) < 4.78 is 26.7. The van der Waals surface area contributed by atoms with Crippen molar-refractivity contribution in [2.24, 2.45) is 0 Å². The van der Waals surface area contributed by atoms with Crippen LogP contribution >= 0.6 is 0 Å². The second-order valence-electron chi connectivity index (χ2n) is 4.60. The molecule has 0 aliphatic rings. The zero-order valence-electron chi connectivity index (χ0n) is 11.5. The van der Waals surface area contributed by atoms with Gasteiger partial charge in [-0.3, -0.25) is 0 Å². The number of aromatic carboxylic acids is 1. The Bertz CT molecular complexity index is 658. The molecule has 0 saturated heterocycles. The van der Waals surface area contributed by atoms with E-state index in [4.69, 9.17) is 5.11 Å². The Morgan fingerprint density at radius 2 is 1.86 bits per heavy atom. The fourth-order valence-corrected chi connectivity index (χ4v) is 2.17. The second-order valence-corrected chi connectivity index (χ2v) is 4.60. The minimum absolute atomic E-state index is 0.0475. The molecule has 0 aliphatic heterocycles. The van der Waals surface area contributed by atoms with Gasteiger partial charge in [-0.1, -0.05) is 6.07 Å². The van der Waals surface area contributed by atoms with Crippen molar-refractivity contribution in [3.8, 4) is 0 Å². The first-order chi connectivity index (χ1) is 10.0. The van der Waals surface area contributed by atoms with Crippen molar-refractivity contribution >= 4 is 11.7 Å². The molecule has 0 bridgehead atoms. The van der Waals surface area contributed by atoms with Gasteiger partial charge in [0.2, 0.25) is 0 Å². The third kappa shape index (κ3) is 3.56. The van der Waals surface area contributed by atoms with Gasteiger partial charge in [0.05, 0.1) is 5.56 Å². The molecule has 0 atom stereocenters. The first kappa shape index (κ1) is 15.0. The molecule has 0 fully saturated rings. The van der Waals surface area contributed by atoms with Crippen LogP contribution in [0.4, 0.5) is 14.5 Å². The zero-order valence-corrected chi connectivity index (χ0v) is 11.5. The maximum atomic E-state index is 13.4. The normalized spacial score (nSPS) is 10.4. The van der Waals surface area contributed by atoms with Gasteiger partial charge in [-0.05, 0) is 48.9 Å². The van der Waals surface area contributed by atoms with E-state index in [0.29, 0.717) is 17.8 Å². The molecule has 2 aromatic rings. The summed E-state index contributed by atoms with van der Waals surface area (Å²) >= 11 is 0. The van der Waals surface area contributed by atoms with E-state index in [2.05, 4.69) is 0 Å². The topological polar surface area (TPSA) is 40.5 Å². The van der Waals surface area contributed by atoms with E-state index in [1.165, 1.54) is 24.3 Å². The molecule has 0 saturated carbocycles. The van der Waals surface area contributed by atoms with Crippen LogP contribution in [0.1, 0.15) is 22.8 Å². The molecule has 0 aliphatic carbocycles. The number of carbonyl (C=O) groups is 1. The van der Waals surface area contributed by atoms with E-state index in [1.807, 2.05) is 6.92 Å². The van der Waals surface area contributed by atoms with Crippen molar-refractivity contribution in [2.45, 2.75) is 13.5 Å². The van der Waals surface area contributed by atoms with Crippen molar-refractivity contribution < 1.29 is 18.7 Å². The number of benzene rings is 2. The summed E-state index contributed by atoms with van der Waals surface area (Å²) in [7, 11) is 0. The van der Waals surface area contributed by atoms with Gasteiger partial charge in [0.1, 0.15) is 11.6 Å². The minimum Gasteiger partial charge on any atom is -0.478 e. The predicted octanol–water partition coefficient (Wildman–Crippen LogP) is 3.69. The molecule has 2 aromatic carbocycles. The summed E-state index contributed by atoms with van der Waals surface area (Å²) in [4.78, 5) is 13.0. The third-order valence-electron chi connectivity index (χ3n) is 3.21. The van der Waals surface area contributed by atoms with Gasteiger partial charge in [0.25, 0.3) is 0 Å². The van der Waals surface area contributed by atoms with Gasteiger partial charge < -0.3 is 10.0 Å². The van der Waals surface area contributed by atoms with E-state index >= 15 is 0 Å². The van der Waals surface area contributed by atoms with Gasteiger partial charge in [0, 0.05) is 18.8 Å². The van der Waals surface area contributed by atoms with Gasteiger partial charge >= 0.3 is 5.97 Å². The van der Waals surface area contributed by atoms with Crippen LogP contribution in [0.25, 0.3) is 0 Å². The largest absolute Gasteiger partial charge is 0.478 e. The lowest BCUT2D eigenvalue weighted by Crippen LogP contribution is -2.23. The van der Waals surface area contributed by atoms with Crippen molar-refractivity contribution in [3.05, 3.63) is 65.2 Å². The van der Waals surface area contributed by atoms with Crippen molar-refractivity contribution in [1.29, 1.82) is 0 Å². The third-order valence-corrected chi connectivity index (χ3v) is 3.21. The summed E-state index contributed by atoms with van der Waals surface area (Å²) in [6.07, 6.45) is 0. The summed E-state index contributed by atoms with van der Waals surface area (Å²) in [5.41, 5.74) is 1.03. The number of carboxylic acid groups (broad SMARTS) is 1. The van der Waals surface area contributed by atoms with Crippen LogP contribution in [0.3, 0.4) is 0 Å². The fraction of sp³-hybridized carbons (Fsp3) is 0.188. The highest BCUT2D eigenvalue weighted by atomic mass is 19.1. The SMILES string of the molecule is CCN(Cc1cc(F)ccc1C(=O)O)c1cccc(F)c1. The minimum atomic E-state index is -1.11. The molecular formula is C16H15F2NO2. The molecule has 0 heterocycles. The molecule has 1 N–H and O–H groups in total.